The van der Waals surface area contributed by atoms with Crippen molar-refractivity contribution in [1.82, 2.24) is 5.32 Å². The molecule has 1 rings (SSSR count). The summed E-state index contributed by atoms with van der Waals surface area (Å²) in [4.78, 5) is 21.6. The second-order valence-corrected chi connectivity index (χ2v) is 2.90. The van der Waals surface area contributed by atoms with E-state index in [1.807, 2.05) is 0 Å². The fourth-order valence-electron chi connectivity index (χ4n) is 0.963. The first-order chi connectivity index (χ1) is 5.24. The lowest BCUT2D eigenvalue weighted by Crippen LogP contribution is -2.33. The van der Waals surface area contributed by atoms with Crippen LogP contribution < -0.4 is 5.32 Å². The standard InChI is InChI=1S/C6H10NO3P/c1-11-10-6(9)4-2-3-5(8)7-4/h4,11H,2-3H2,1H3,(H,7,8)/t4-/m1/s1. The third-order valence-electron chi connectivity index (χ3n) is 1.48. The molecule has 0 spiro atoms. The van der Waals surface area contributed by atoms with Crippen LogP contribution in [0.5, 0.6) is 0 Å². The Balaban J connectivity index is 2.37. The Morgan fingerprint density at radius 2 is 2.55 bits per heavy atom. The van der Waals surface area contributed by atoms with Crippen molar-refractivity contribution in [2.75, 3.05) is 6.66 Å². The summed E-state index contributed by atoms with van der Waals surface area (Å²) in [5.74, 6) is -0.372. The molecule has 0 aliphatic carbocycles. The Morgan fingerprint density at radius 3 is 3.00 bits per heavy atom. The molecular formula is C6H10NO3P. The van der Waals surface area contributed by atoms with E-state index in [9.17, 15) is 9.59 Å². The van der Waals surface area contributed by atoms with E-state index in [0.717, 1.165) is 0 Å². The van der Waals surface area contributed by atoms with Gasteiger partial charge in [0.2, 0.25) is 5.91 Å². The molecule has 1 unspecified atom stereocenters. The average molecular weight is 175 g/mol. The van der Waals surface area contributed by atoms with E-state index < -0.39 is 6.04 Å². The molecule has 62 valence electrons. The van der Waals surface area contributed by atoms with Crippen molar-refractivity contribution < 1.29 is 14.1 Å². The average Bonchev–Trinajstić information content (AvgIpc) is 2.36. The second kappa shape index (κ2) is 3.67. The van der Waals surface area contributed by atoms with Gasteiger partial charge in [-0.05, 0) is 13.1 Å². The molecular weight excluding hydrogens is 165 g/mol. The predicted molar refractivity (Wildman–Crippen MR) is 41.5 cm³/mol. The summed E-state index contributed by atoms with van der Waals surface area (Å²) >= 11 is 0. The van der Waals surface area contributed by atoms with Crippen molar-refractivity contribution in [1.29, 1.82) is 0 Å². The molecule has 0 bridgehead atoms. The zero-order valence-corrected chi connectivity index (χ0v) is 7.22. The SMILES string of the molecule is CPOC(=O)[C@H]1CCC(=O)N1. The van der Waals surface area contributed by atoms with Gasteiger partial charge in [0.1, 0.15) is 6.04 Å². The zero-order valence-electron chi connectivity index (χ0n) is 6.22. The highest BCUT2D eigenvalue weighted by atomic mass is 31.1. The van der Waals surface area contributed by atoms with Crippen molar-refractivity contribution in [2.24, 2.45) is 0 Å². The van der Waals surface area contributed by atoms with E-state index in [1.54, 1.807) is 6.66 Å². The summed E-state index contributed by atoms with van der Waals surface area (Å²) in [6, 6.07) is -0.394. The molecule has 1 amide bonds. The van der Waals surface area contributed by atoms with Crippen LogP contribution in [0.2, 0.25) is 0 Å². The molecule has 0 aromatic carbocycles. The highest BCUT2D eigenvalue weighted by molar-refractivity contribution is 7.31. The number of carbonyl (C=O) groups excluding carboxylic acids is 2. The molecule has 2 atom stereocenters. The highest BCUT2D eigenvalue weighted by Gasteiger charge is 2.27. The predicted octanol–water partition coefficient (Wildman–Crippen LogP) is 0.0315. The van der Waals surface area contributed by atoms with E-state index >= 15 is 0 Å². The van der Waals surface area contributed by atoms with E-state index in [-0.39, 0.29) is 20.7 Å². The summed E-state index contributed by atoms with van der Waals surface area (Å²) in [6.45, 7) is 1.77. The first-order valence-corrected chi connectivity index (χ1v) is 4.81. The maximum Gasteiger partial charge on any atom is 0.331 e. The minimum atomic E-state index is -0.394. The molecule has 4 nitrogen and oxygen atoms in total. The Kier molecular flexibility index (Phi) is 2.83. The van der Waals surface area contributed by atoms with Crippen molar-refractivity contribution in [3.8, 4) is 0 Å². The number of carbonyl (C=O) groups is 2. The maximum atomic E-state index is 11.0. The first-order valence-electron chi connectivity index (χ1n) is 3.41. The van der Waals surface area contributed by atoms with Gasteiger partial charge in [0.15, 0.2) is 0 Å². The van der Waals surface area contributed by atoms with Gasteiger partial charge in [0.05, 0.1) is 8.81 Å². The van der Waals surface area contributed by atoms with E-state index in [1.165, 1.54) is 0 Å². The monoisotopic (exact) mass is 175 g/mol. The number of amides is 1. The van der Waals surface area contributed by atoms with Crippen LogP contribution in [-0.4, -0.2) is 24.6 Å². The van der Waals surface area contributed by atoms with Crippen LogP contribution in [0.15, 0.2) is 0 Å². The van der Waals surface area contributed by atoms with Gasteiger partial charge >= 0.3 is 5.97 Å². The van der Waals surface area contributed by atoms with Crippen LogP contribution in [-0.2, 0) is 14.1 Å². The lowest BCUT2D eigenvalue weighted by Gasteiger charge is -2.06. The summed E-state index contributed by atoms with van der Waals surface area (Å²) in [6.07, 6.45) is 1.01. The van der Waals surface area contributed by atoms with Gasteiger partial charge in [0, 0.05) is 6.42 Å². The lowest BCUT2D eigenvalue weighted by atomic mass is 10.2. The molecule has 1 fully saturated rings. The van der Waals surface area contributed by atoms with Gasteiger partial charge < -0.3 is 9.84 Å². The van der Waals surface area contributed by atoms with Crippen molar-refractivity contribution in [3.63, 3.8) is 0 Å². The molecule has 1 heterocycles. The summed E-state index contributed by atoms with van der Waals surface area (Å²) in [7, 11) is 0.156. The van der Waals surface area contributed by atoms with E-state index in [0.29, 0.717) is 12.8 Å². The van der Waals surface area contributed by atoms with Crippen LogP contribution in [0.3, 0.4) is 0 Å². The van der Waals surface area contributed by atoms with Crippen LogP contribution >= 0.6 is 8.81 Å². The second-order valence-electron chi connectivity index (χ2n) is 2.28. The molecule has 1 saturated heterocycles. The van der Waals surface area contributed by atoms with Crippen LogP contribution in [0.4, 0.5) is 0 Å². The van der Waals surface area contributed by atoms with Crippen LogP contribution in [0.25, 0.3) is 0 Å². The Hall–Kier alpha value is -0.630. The molecule has 1 N–H and O–H groups in total. The Labute approximate surface area is 66.5 Å². The van der Waals surface area contributed by atoms with Crippen molar-refractivity contribution in [2.45, 2.75) is 18.9 Å². The van der Waals surface area contributed by atoms with Crippen LogP contribution in [0, 0.1) is 0 Å². The molecule has 1 aliphatic heterocycles. The van der Waals surface area contributed by atoms with Gasteiger partial charge in [-0.15, -0.1) is 0 Å². The Bertz CT molecular complexity index is 183. The highest BCUT2D eigenvalue weighted by Crippen LogP contribution is 2.13. The zero-order chi connectivity index (χ0) is 8.27. The minimum Gasteiger partial charge on any atom is -0.447 e. The van der Waals surface area contributed by atoms with Crippen molar-refractivity contribution >= 4 is 20.7 Å². The third kappa shape index (κ3) is 2.15. The van der Waals surface area contributed by atoms with Gasteiger partial charge in [-0.1, -0.05) is 0 Å². The van der Waals surface area contributed by atoms with Gasteiger partial charge in [0.25, 0.3) is 0 Å². The van der Waals surface area contributed by atoms with Gasteiger partial charge in [-0.2, -0.15) is 0 Å². The molecule has 0 aromatic rings. The summed E-state index contributed by atoms with van der Waals surface area (Å²) in [5.41, 5.74) is 0. The number of rotatable bonds is 2. The number of hydrogen-bond donors (Lipinski definition) is 1. The van der Waals surface area contributed by atoms with E-state index in [2.05, 4.69) is 5.32 Å². The van der Waals surface area contributed by atoms with E-state index in [4.69, 9.17) is 4.52 Å². The maximum absolute atomic E-state index is 11.0. The number of hydrogen-bond acceptors (Lipinski definition) is 3. The molecule has 5 heteroatoms. The molecule has 11 heavy (non-hydrogen) atoms. The normalized spacial score (nSPS) is 24.1. The minimum absolute atomic E-state index is 0.0635. The van der Waals surface area contributed by atoms with Gasteiger partial charge in [-0.3, -0.25) is 4.79 Å². The summed E-state index contributed by atoms with van der Waals surface area (Å²) < 4.78 is 4.75. The molecule has 1 aliphatic rings. The third-order valence-corrected chi connectivity index (χ3v) is 1.89. The first kappa shape index (κ1) is 8.47. The van der Waals surface area contributed by atoms with Gasteiger partial charge in [-0.25, -0.2) is 4.79 Å². The fourth-order valence-corrected chi connectivity index (χ4v) is 1.31. The lowest BCUT2D eigenvalue weighted by molar-refractivity contribution is -0.136. The molecule has 0 aromatic heterocycles. The molecule has 0 radical (unpaired) electrons. The van der Waals surface area contributed by atoms with Crippen LogP contribution in [0.1, 0.15) is 12.8 Å². The number of nitrogens with one attached hydrogen (secondary N) is 1. The molecule has 0 saturated carbocycles. The smallest absolute Gasteiger partial charge is 0.331 e. The Morgan fingerprint density at radius 1 is 1.82 bits per heavy atom. The largest absolute Gasteiger partial charge is 0.447 e. The summed E-state index contributed by atoms with van der Waals surface area (Å²) in [5, 5.41) is 2.53. The van der Waals surface area contributed by atoms with Crippen molar-refractivity contribution in [3.05, 3.63) is 0 Å². The quantitative estimate of drug-likeness (QED) is 0.602. The topological polar surface area (TPSA) is 55.4 Å². The fraction of sp³-hybridized carbons (Fsp3) is 0.667.